The predicted octanol–water partition coefficient (Wildman–Crippen LogP) is 0.891. The molecule has 1 aromatic carbocycles. The molecule has 3 aromatic rings. The number of hydrogen-bond acceptors (Lipinski definition) is 7. The topological polar surface area (TPSA) is 104 Å². The van der Waals surface area contributed by atoms with Gasteiger partial charge in [0.1, 0.15) is 24.8 Å². The number of piperazine rings is 1. The molecule has 9 nitrogen and oxygen atoms in total. The quantitative estimate of drug-likeness (QED) is 0.683. The molecule has 0 aliphatic carbocycles. The van der Waals surface area contributed by atoms with Crippen LogP contribution in [0.4, 0.5) is 5.82 Å². The predicted molar refractivity (Wildman–Crippen MR) is 96.2 cm³/mol. The number of benzene rings is 1. The van der Waals surface area contributed by atoms with E-state index in [1.165, 1.54) is 12.7 Å². The van der Waals surface area contributed by atoms with Crippen LogP contribution < -0.4 is 4.90 Å². The van der Waals surface area contributed by atoms with Crippen molar-refractivity contribution in [3.63, 3.8) is 0 Å². The highest BCUT2D eigenvalue weighted by Crippen LogP contribution is 2.17. The van der Waals surface area contributed by atoms with E-state index in [2.05, 4.69) is 31.0 Å². The standard InChI is InChI=1S/C18H16N8O/c19-10-14-2-1-3-15(8-14)18(27)25-6-4-24(5-7-25)16-9-17(22-12-21-16)26-13-20-11-23-26/h1-3,8-9,11-13H,4-7H2. The second-order valence-corrected chi connectivity index (χ2v) is 6.05. The number of nitrogens with zero attached hydrogens (tertiary/aromatic N) is 8. The molecule has 0 bridgehead atoms. The summed E-state index contributed by atoms with van der Waals surface area (Å²) in [5.74, 6) is 1.37. The molecule has 2 aromatic heterocycles. The van der Waals surface area contributed by atoms with Crippen LogP contribution in [0.15, 0.2) is 49.3 Å². The highest BCUT2D eigenvalue weighted by molar-refractivity contribution is 5.94. The van der Waals surface area contributed by atoms with Gasteiger partial charge in [0, 0.05) is 37.8 Å². The summed E-state index contributed by atoms with van der Waals surface area (Å²) in [5.41, 5.74) is 1.03. The van der Waals surface area contributed by atoms with E-state index in [-0.39, 0.29) is 5.91 Å². The summed E-state index contributed by atoms with van der Waals surface area (Å²) in [6.07, 6.45) is 4.53. The molecule has 0 N–H and O–H groups in total. The minimum Gasteiger partial charge on any atom is -0.353 e. The first-order valence-electron chi connectivity index (χ1n) is 8.46. The summed E-state index contributed by atoms with van der Waals surface area (Å²) in [5, 5.41) is 13.1. The second kappa shape index (κ2) is 7.21. The molecule has 1 aliphatic rings. The van der Waals surface area contributed by atoms with Crippen molar-refractivity contribution in [2.45, 2.75) is 0 Å². The average Bonchev–Trinajstić information content (AvgIpc) is 3.28. The molecular formula is C18H16N8O. The van der Waals surface area contributed by atoms with Gasteiger partial charge in [0.05, 0.1) is 11.6 Å². The summed E-state index contributed by atoms with van der Waals surface area (Å²) in [7, 11) is 0. The van der Waals surface area contributed by atoms with Gasteiger partial charge < -0.3 is 9.80 Å². The Morgan fingerprint density at radius 3 is 2.59 bits per heavy atom. The Kier molecular flexibility index (Phi) is 4.45. The molecule has 0 unspecified atom stereocenters. The van der Waals surface area contributed by atoms with E-state index in [1.54, 1.807) is 40.2 Å². The van der Waals surface area contributed by atoms with E-state index in [1.807, 2.05) is 6.07 Å². The molecule has 0 atom stereocenters. The molecule has 1 fully saturated rings. The van der Waals surface area contributed by atoms with E-state index in [9.17, 15) is 4.79 Å². The Balaban J connectivity index is 1.44. The van der Waals surface area contributed by atoms with Gasteiger partial charge in [0.15, 0.2) is 5.82 Å². The van der Waals surface area contributed by atoms with Crippen molar-refractivity contribution < 1.29 is 4.79 Å². The van der Waals surface area contributed by atoms with Crippen molar-refractivity contribution in [2.24, 2.45) is 0 Å². The van der Waals surface area contributed by atoms with Crippen LogP contribution in [0.3, 0.4) is 0 Å². The number of hydrogen-bond donors (Lipinski definition) is 0. The number of carbonyl (C=O) groups excluding carboxylic acids is 1. The third-order valence-corrected chi connectivity index (χ3v) is 4.42. The van der Waals surface area contributed by atoms with E-state index >= 15 is 0 Å². The molecule has 0 radical (unpaired) electrons. The van der Waals surface area contributed by atoms with Crippen LogP contribution in [0, 0.1) is 11.3 Å². The van der Waals surface area contributed by atoms with E-state index in [4.69, 9.17) is 5.26 Å². The number of anilines is 1. The van der Waals surface area contributed by atoms with Gasteiger partial charge in [0.2, 0.25) is 0 Å². The van der Waals surface area contributed by atoms with Crippen molar-refractivity contribution >= 4 is 11.7 Å². The van der Waals surface area contributed by atoms with E-state index in [0.717, 1.165) is 5.82 Å². The molecule has 3 heterocycles. The first-order chi connectivity index (χ1) is 13.2. The number of nitriles is 1. The zero-order chi connectivity index (χ0) is 18.6. The zero-order valence-corrected chi connectivity index (χ0v) is 14.4. The Morgan fingerprint density at radius 2 is 1.85 bits per heavy atom. The van der Waals surface area contributed by atoms with Crippen LogP contribution in [0.25, 0.3) is 5.82 Å². The molecule has 134 valence electrons. The zero-order valence-electron chi connectivity index (χ0n) is 14.4. The normalized spacial score (nSPS) is 14.0. The Bertz CT molecular complexity index is 987. The van der Waals surface area contributed by atoms with Gasteiger partial charge in [-0.2, -0.15) is 10.4 Å². The number of rotatable bonds is 3. The largest absolute Gasteiger partial charge is 0.353 e. The lowest BCUT2D eigenvalue weighted by Gasteiger charge is -2.35. The molecule has 4 rings (SSSR count). The Morgan fingerprint density at radius 1 is 1.04 bits per heavy atom. The summed E-state index contributed by atoms with van der Waals surface area (Å²) in [6.45, 7) is 2.49. The van der Waals surface area contributed by atoms with Crippen molar-refractivity contribution in [3.05, 3.63) is 60.4 Å². The lowest BCUT2D eigenvalue weighted by atomic mass is 10.1. The van der Waals surface area contributed by atoms with Crippen LogP contribution in [0.5, 0.6) is 0 Å². The first kappa shape index (κ1) is 16.7. The maximum Gasteiger partial charge on any atom is 0.254 e. The third kappa shape index (κ3) is 3.46. The average molecular weight is 360 g/mol. The van der Waals surface area contributed by atoms with Gasteiger partial charge in [-0.05, 0) is 18.2 Å². The summed E-state index contributed by atoms with van der Waals surface area (Å²) in [4.78, 5) is 29.1. The Labute approximate surface area is 155 Å². The van der Waals surface area contributed by atoms with Gasteiger partial charge in [-0.3, -0.25) is 4.79 Å². The van der Waals surface area contributed by atoms with Gasteiger partial charge in [-0.25, -0.2) is 19.6 Å². The lowest BCUT2D eigenvalue weighted by molar-refractivity contribution is 0.0746. The first-order valence-corrected chi connectivity index (χ1v) is 8.46. The molecule has 1 saturated heterocycles. The van der Waals surface area contributed by atoms with Crippen molar-refractivity contribution in [1.29, 1.82) is 5.26 Å². The van der Waals surface area contributed by atoms with E-state index < -0.39 is 0 Å². The van der Waals surface area contributed by atoms with Gasteiger partial charge in [-0.15, -0.1) is 0 Å². The molecule has 0 spiro atoms. The molecular weight excluding hydrogens is 344 g/mol. The van der Waals surface area contributed by atoms with Crippen LogP contribution >= 0.6 is 0 Å². The van der Waals surface area contributed by atoms with Crippen LogP contribution in [0.2, 0.25) is 0 Å². The fourth-order valence-corrected chi connectivity index (χ4v) is 3.00. The smallest absolute Gasteiger partial charge is 0.254 e. The highest BCUT2D eigenvalue weighted by atomic mass is 16.2. The van der Waals surface area contributed by atoms with Crippen LogP contribution in [0.1, 0.15) is 15.9 Å². The summed E-state index contributed by atoms with van der Waals surface area (Å²) < 4.78 is 1.58. The fourth-order valence-electron chi connectivity index (χ4n) is 3.00. The van der Waals surface area contributed by atoms with Crippen LogP contribution in [-0.4, -0.2) is 61.7 Å². The number of amides is 1. The van der Waals surface area contributed by atoms with Crippen molar-refractivity contribution in [2.75, 3.05) is 31.1 Å². The molecule has 27 heavy (non-hydrogen) atoms. The maximum absolute atomic E-state index is 12.7. The SMILES string of the molecule is N#Cc1cccc(C(=O)N2CCN(c3cc(-n4cncn4)ncn3)CC2)c1. The third-order valence-electron chi connectivity index (χ3n) is 4.42. The minimum atomic E-state index is -0.0576. The molecule has 9 heteroatoms. The monoisotopic (exact) mass is 360 g/mol. The molecule has 0 saturated carbocycles. The highest BCUT2D eigenvalue weighted by Gasteiger charge is 2.23. The molecule has 1 amide bonds. The summed E-state index contributed by atoms with van der Waals surface area (Å²) in [6, 6.07) is 10.7. The number of aromatic nitrogens is 5. The number of carbonyl (C=O) groups is 1. The fraction of sp³-hybridized carbons (Fsp3) is 0.222. The van der Waals surface area contributed by atoms with Crippen molar-refractivity contribution in [1.82, 2.24) is 29.6 Å². The van der Waals surface area contributed by atoms with Gasteiger partial charge in [-0.1, -0.05) is 6.07 Å². The summed E-state index contributed by atoms with van der Waals surface area (Å²) >= 11 is 0. The van der Waals surface area contributed by atoms with Gasteiger partial charge in [0.25, 0.3) is 5.91 Å². The van der Waals surface area contributed by atoms with Gasteiger partial charge >= 0.3 is 0 Å². The van der Waals surface area contributed by atoms with Crippen molar-refractivity contribution in [3.8, 4) is 11.9 Å². The second-order valence-electron chi connectivity index (χ2n) is 6.05. The Hall–Kier alpha value is -3.80. The van der Waals surface area contributed by atoms with E-state index in [0.29, 0.717) is 43.1 Å². The lowest BCUT2D eigenvalue weighted by Crippen LogP contribution is -2.49. The molecule has 1 aliphatic heterocycles. The minimum absolute atomic E-state index is 0.0576. The maximum atomic E-state index is 12.7. The van der Waals surface area contributed by atoms with Crippen LogP contribution in [-0.2, 0) is 0 Å².